The van der Waals surface area contributed by atoms with E-state index in [4.69, 9.17) is 0 Å². The highest BCUT2D eigenvalue weighted by atomic mass is 32.2. The second-order valence-electron chi connectivity index (χ2n) is 5.67. The van der Waals surface area contributed by atoms with Crippen molar-refractivity contribution in [3.8, 4) is 11.4 Å². The highest BCUT2D eigenvalue weighted by Gasteiger charge is 2.18. The van der Waals surface area contributed by atoms with Crippen molar-refractivity contribution < 1.29 is 9.18 Å². The number of thioether (sulfide) groups is 1. The molecule has 24 heavy (non-hydrogen) atoms. The topological polar surface area (TPSA) is 59.8 Å². The van der Waals surface area contributed by atoms with Crippen LogP contribution in [-0.4, -0.2) is 33.0 Å². The lowest BCUT2D eigenvalue weighted by molar-refractivity contribution is -0.118. The number of rotatable bonds is 8. The maximum absolute atomic E-state index is 14.1. The number of nitrogens with zero attached hydrogens (tertiary/aromatic N) is 3. The Morgan fingerprint density at radius 1 is 1.42 bits per heavy atom. The summed E-state index contributed by atoms with van der Waals surface area (Å²) in [4.78, 5) is 11.7. The third kappa shape index (κ3) is 4.67. The summed E-state index contributed by atoms with van der Waals surface area (Å²) >= 11 is 1.29. The molecule has 2 aromatic rings. The molecule has 1 aromatic carbocycles. The van der Waals surface area contributed by atoms with Crippen LogP contribution in [0.3, 0.4) is 0 Å². The fourth-order valence-corrected chi connectivity index (χ4v) is 2.91. The van der Waals surface area contributed by atoms with Gasteiger partial charge in [-0.2, -0.15) is 0 Å². The number of nitrogens with one attached hydrogen (secondary N) is 1. The molecule has 1 aromatic heterocycles. The van der Waals surface area contributed by atoms with Crippen LogP contribution in [0.5, 0.6) is 0 Å². The fraction of sp³-hybridized carbons (Fsp3) is 0.353. The highest BCUT2D eigenvalue weighted by molar-refractivity contribution is 7.99. The van der Waals surface area contributed by atoms with Crippen LogP contribution in [0.15, 0.2) is 42.1 Å². The standard InChI is InChI=1S/C17H21FN4OS/c1-4-9-19-15(23)11-24-17-21-20-16(22(17)10-12(2)3)13-7-5-6-8-14(13)18/h4-8,12H,1,9-11H2,2-3H3,(H,19,23). The monoisotopic (exact) mass is 348 g/mol. The fourth-order valence-electron chi connectivity index (χ4n) is 2.13. The molecule has 5 nitrogen and oxygen atoms in total. The van der Waals surface area contributed by atoms with E-state index in [1.54, 1.807) is 24.3 Å². The summed E-state index contributed by atoms with van der Waals surface area (Å²) in [5.74, 6) is 0.597. The minimum Gasteiger partial charge on any atom is -0.352 e. The summed E-state index contributed by atoms with van der Waals surface area (Å²) in [5, 5.41) is 11.6. The molecule has 1 heterocycles. The normalized spacial score (nSPS) is 10.8. The molecular weight excluding hydrogens is 327 g/mol. The maximum atomic E-state index is 14.1. The summed E-state index contributed by atoms with van der Waals surface area (Å²) in [6.07, 6.45) is 1.63. The first-order valence-corrected chi connectivity index (χ1v) is 8.70. The van der Waals surface area contributed by atoms with Crippen molar-refractivity contribution in [3.05, 3.63) is 42.7 Å². The molecule has 1 N–H and O–H groups in total. The van der Waals surface area contributed by atoms with Gasteiger partial charge in [0.1, 0.15) is 5.82 Å². The lowest BCUT2D eigenvalue weighted by atomic mass is 10.2. The lowest BCUT2D eigenvalue weighted by Crippen LogP contribution is -2.25. The van der Waals surface area contributed by atoms with E-state index in [9.17, 15) is 9.18 Å². The van der Waals surface area contributed by atoms with Gasteiger partial charge >= 0.3 is 0 Å². The predicted octanol–water partition coefficient (Wildman–Crippen LogP) is 3.13. The molecule has 0 radical (unpaired) electrons. The van der Waals surface area contributed by atoms with Gasteiger partial charge in [-0.15, -0.1) is 16.8 Å². The largest absolute Gasteiger partial charge is 0.352 e. The predicted molar refractivity (Wildman–Crippen MR) is 94.2 cm³/mol. The number of hydrogen-bond donors (Lipinski definition) is 1. The van der Waals surface area contributed by atoms with Gasteiger partial charge in [0.2, 0.25) is 5.91 Å². The Kier molecular flexibility index (Phi) is 6.54. The second kappa shape index (κ2) is 8.63. The van der Waals surface area contributed by atoms with Gasteiger partial charge in [0.25, 0.3) is 0 Å². The number of amides is 1. The van der Waals surface area contributed by atoms with Crippen LogP contribution in [-0.2, 0) is 11.3 Å². The lowest BCUT2D eigenvalue weighted by Gasteiger charge is -2.12. The van der Waals surface area contributed by atoms with Gasteiger partial charge in [-0.05, 0) is 18.1 Å². The van der Waals surface area contributed by atoms with Gasteiger partial charge in [0.05, 0.1) is 11.3 Å². The van der Waals surface area contributed by atoms with E-state index < -0.39 is 0 Å². The molecular formula is C17H21FN4OS. The smallest absolute Gasteiger partial charge is 0.230 e. The zero-order chi connectivity index (χ0) is 17.5. The Morgan fingerprint density at radius 3 is 2.83 bits per heavy atom. The Labute approximate surface area is 145 Å². The van der Waals surface area contributed by atoms with E-state index in [1.807, 2.05) is 4.57 Å². The van der Waals surface area contributed by atoms with Gasteiger partial charge < -0.3 is 9.88 Å². The van der Waals surface area contributed by atoms with Crippen molar-refractivity contribution in [3.63, 3.8) is 0 Å². The third-order valence-corrected chi connectivity index (χ3v) is 4.12. The number of carbonyl (C=O) groups excluding carboxylic acids is 1. The van der Waals surface area contributed by atoms with Crippen molar-refractivity contribution >= 4 is 17.7 Å². The van der Waals surface area contributed by atoms with Crippen LogP contribution in [0.2, 0.25) is 0 Å². The Bertz CT molecular complexity index is 714. The third-order valence-electron chi connectivity index (χ3n) is 3.16. The van der Waals surface area contributed by atoms with Crippen molar-refractivity contribution in [2.45, 2.75) is 25.5 Å². The van der Waals surface area contributed by atoms with E-state index in [1.165, 1.54) is 17.8 Å². The molecule has 128 valence electrons. The number of hydrogen-bond acceptors (Lipinski definition) is 4. The van der Waals surface area contributed by atoms with Crippen molar-refractivity contribution in [1.29, 1.82) is 0 Å². The molecule has 0 unspecified atom stereocenters. The first-order chi connectivity index (χ1) is 11.5. The zero-order valence-electron chi connectivity index (χ0n) is 13.8. The highest BCUT2D eigenvalue weighted by Crippen LogP contribution is 2.26. The molecule has 0 saturated carbocycles. The summed E-state index contributed by atoms with van der Waals surface area (Å²) in [7, 11) is 0. The van der Waals surface area contributed by atoms with E-state index in [-0.39, 0.29) is 17.5 Å². The Hall–Kier alpha value is -2.15. The molecule has 0 aliphatic carbocycles. The zero-order valence-corrected chi connectivity index (χ0v) is 14.6. The number of halogens is 1. The van der Waals surface area contributed by atoms with Crippen LogP contribution in [0.1, 0.15) is 13.8 Å². The molecule has 7 heteroatoms. The summed E-state index contributed by atoms with van der Waals surface area (Å²) in [6, 6.07) is 6.49. The van der Waals surface area contributed by atoms with Gasteiger partial charge in [-0.25, -0.2) is 4.39 Å². The molecule has 0 fully saturated rings. The first-order valence-electron chi connectivity index (χ1n) is 7.71. The summed E-state index contributed by atoms with van der Waals surface area (Å²) in [5.41, 5.74) is 0.411. The SMILES string of the molecule is C=CCNC(=O)CSc1nnc(-c2ccccc2F)n1CC(C)C. The summed E-state index contributed by atoms with van der Waals surface area (Å²) < 4.78 is 16.0. The van der Waals surface area contributed by atoms with E-state index in [0.29, 0.717) is 35.6 Å². The van der Waals surface area contributed by atoms with Gasteiger partial charge in [0, 0.05) is 13.1 Å². The minimum atomic E-state index is -0.338. The van der Waals surface area contributed by atoms with Crippen LogP contribution < -0.4 is 5.32 Å². The Morgan fingerprint density at radius 2 is 2.17 bits per heavy atom. The second-order valence-corrected chi connectivity index (χ2v) is 6.61. The number of carbonyl (C=O) groups is 1. The van der Waals surface area contributed by atoms with E-state index >= 15 is 0 Å². The summed E-state index contributed by atoms with van der Waals surface area (Å²) in [6.45, 7) is 8.77. The van der Waals surface area contributed by atoms with E-state index in [2.05, 4.69) is 35.9 Å². The molecule has 0 saturated heterocycles. The molecule has 0 aliphatic rings. The average molecular weight is 348 g/mol. The average Bonchev–Trinajstić information content (AvgIpc) is 2.93. The van der Waals surface area contributed by atoms with Crippen LogP contribution >= 0.6 is 11.8 Å². The first kappa shape index (κ1) is 18.2. The van der Waals surface area contributed by atoms with Crippen LogP contribution in [0, 0.1) is 11.7 Å². The van der Waals surface area contributed by atoms with Gasteiger partial charge in [0.15, 0.2) is 11.0 Å². The number of benzene rings is 1. The van der Waals surface area contributed by atoms with Gasteiger partial charge in [-0.3, -0.25) is 4.79 Å². The van der Waals surface area contributed by atoms with Crippen LogP contribution in [0.4, 0.5) is 4.39 Å². The van der Waals surface area contributed by atoms with Crippen molar-refractivity contribution in [1.82, 2.24) is 20.1 Å². The Balaban J connectivity index is 2.24. The van der Waals surface area contributed by atoms with Crippen LogP contribution in [0.25, 0.3) is 11.4 Å². The molecule has 0 spiro atoms. The van der Waals surface area contributed by atoms with Crippen molar-refractivity contribution in [2.24, 2.45) is 5.92 Å². The van der Waals surface area contributed by atoms with Gasteiger partial charge in [-0.1, -0.05) is 43.8 Å². The molecule has 0 atom stereocenters. The van der Waals surface area contributed by atoms with Crippen molar-refractivity contribution in [2.75, 3.05) is 12.3 Å². The molecule has 1 amide bonds. The minimum absolute atomic E-state index is 0.105. The molecule has 0 bridgehead atoms. The van der Waals surface area contributed by atoms with E-state index in [0.717, 1.165) is 0 Å². The molecule has 0 aliphatic heterocycles. The quantitative estimate of drug-likeness (QED) is 0.588. The maximum Gasteiger partial charge on any atom is 0.230 e. The molecule has 2 rings (SSSR count). The number of aromatic nitrogens is 3.